The first-order valence-corrected chi connectivity index (χ1v) is 16.2. The number of amides is 1. The fraction of sp³-hybridized carbons (Fsp3) is 0.395. The van der Waals surface area contributed by atoms with Gasteiger partial charge < -0.3 is 14.4 Å². The van der Waals surface area contributed by atoms with E-state index in [-0.39, 0.29) is 30.4 Å². The van der Waals surface area contributed by atoms with Crippen molar-refractivity contribution in [3.05, 3.63) is 117 Å². The highest BCUT2D eigenvalue weighted by Gasteiger charge is 2.31. The van der Waals surface area contributed by atoms with Gasteiger partial charge in [0.15, 0.2) is 5.16 Å². The van der Waals surface area contributed by atoms with E-state index in [1.165, 1.54) is 31.2 Å². The standard InChI is InChI=1S/C38H42F4N4O2S/c1-5-44(6-2)19-20-45(26(4)28-9-11-29(12-10-28)30-13-15-31(16-14-30)38(40,41)42)35(47)23-46-34-22-25(3)21-33(34)36(48)43-37(46)49-24-27-7-17-32(39)18-8-27/h7-18,25-26H,5-6,19-24H2,1-4H3/i7D,8D,17D,18D,21D2,22D2,24D2,25D,26D. The Hall–Kier alpha value is -3.96. The summed E-state index contributed by atoms with van der Waals surface area (Å²) < 4.78 is 159. The number of benzene rings is 3. The molecule has 0 saturated heterocycles. The molecular weight excluding hydrogens is 653 g/mol. The van der Waals surface area contributed by atoms with E-state index in [1.54, 1.807) is 12.1 Å². The number of carbonyl (C=O) groups is 1. The molecule has 0 fully saturated rings. The molecule has 1 aliphatic rings. The van der Waals surface area contributed by atoms with Crippen molar-refractivity contribution in [3.63, 3.8) is 0 Å². The van der Waals surface area contributed by atoms with Crippen LogP contribution in [0.5, 0.6) is 0 Å². The Kier molecular flexibility index (Phi) is 7.52. The molecule has 2 atom stereocenters. The van der Waals surface area contributed by atoms with Crippen molar-refractivity contribution in [3.8, 4) is 11.1 Å². The summed E-state index contributed by atoms with van der Waals surface area (Å²) >= 11 is -0.0394. The second-order valence-corrected chi connectivity index (χ2v) is 11.9. The zero-order chi connectivity index (χ0) is 46.0. The number of halogens is 4. The number of likely N-dealkylation sites (N-methyl/N-ethyl adjacent to an activating group) is 1. The molecule has 4 aromatic rings. The molecule has 260 valence electrons. The van der Waals surface area contributed by atoms with Crippen LogP contribution in [0.3, 0.4) is 0 Å². The smallest absolute Gasteiger partial charge is 0.333 e. The minimum atomic E-state index is -4.54. The van der Waals surface area contributed by atoms with Crippen molar-refractivity contribution in [1.82, 2.24) is 19.4 Å². The van der Waals surface area contributed by atoms with E-state index in [0.29, 0.717) is 24.2 Å². The molecule has 0 N–H and O–H groups in total. The lowest BCUT2D eigenvalue weighted by Crippen LogP contribution is -2.42. The molecule has 0 bridgehead atoms. The van der Waals surface area contributed by atoms with Crippen molar-refractivity contribution >= 4 is 17.7 Å². The molecule has 1 aliphatic carbocycles. The van der Waals surface area contributed by atoms with E-state index < -0.39 is 112 Å². The van der Waals surface area contributed by atoms with Crippen molar-refractivity contribution in [2.24, 2.45) is 5.89 Å². The molecule has 11 heteroatoms. The molecule has 1 aromatic heterocycles. The molecule has 6 nitrogen and oxygen atoms in total. The predicted molar refractivity (Wildman–Crippen MR) is 186 cm³/mol. The third-order valence-corrected chi connectivity index (χ3v) is 8.79. The second-order valence-electron chi connectivity index (χ2n) is 11.1. The maximum absolute atomic E-state index is 14.8. The number of carbonyl (C=O) groups excluding carboxylic acids is 1. The van der Waals surface area contributed by atoms with Crippen molar-refractivity contribution < 1.29 is 38.8 Å². The van der Waals surface area contributed by atoms with Gasteiger partial charge in [0.1, 0.15) is 12.4 Å². The highest BCUT2D eigenvalue weighted by atomic mass is 32.2. The lowest BCUT2D eigenvalue weighted by Gasteiger charge is -2.33. The average molecular weight is 707 g/mol. The maximum atomic E-state index is 14.8. The topological polar surface area (TPSA) is 58.4 Å². The predicted octanol–water partition coefficient (Wildman–Crippen LogP) is 8.03. The molecule has 1 heterocycles. The summed E-state index contributed by atoms with van der Waals surface area (Å²) in [6.45, 7) is 6.17. The summed E-state index contributed by atoms with van der Waals surface area (Å²) in [6.07, 6.45) is -10.6. The van der Waals surface area contributed by atoms with Crippen LogP contribution in [0.15, 0.2) is 82.7 Å². The van der Waals surface area contributed by atoms with Gasteiger partial charge in [0.25, 0.3) is 5.56 Å². The summed E-state index contributed by atoms with van der Waals surface area (Å²) in [6, 6.07) is 4.01. The first-order chi connectivity index (χ1) is 28.0. The summed E-state index contributed by atoms with van der Waals surface area (Å²) in [7, 11) is 0. The van der Waals surface area contributed by atoms with Crippen molar-refractivity contribution in [2.75, 3.05) is 26.2 Å². The van der Waals surface area contributed by atoms with Gasteiger partial charge in [0.2, 0.25) is 5.91 Å². The van der Waals surface area contributed by atoms with Gasteiger partial charge in [-0.25, -0.2) is 4.39 Å². The first-order valence-electron chi connectivity index (χ1n) is 21.4. The monoisotopic (exact) mass is 706 g/mol. The summed E-state index contributed by atoms with van der Waals surface area (Å²) in [4.78, 5) is 35.4. The largest absolute Gasteiger partial charge is 0.416 e. The average Bonchev–Trinajstić information content (AvgIpc) is 3.28. The van der Waals surface area contributed by atoms with Gasteiger partial charge in [-0.15, -0.1) is 0 Å². The number of rotatable bonds is 13. The van der Waals surface area contributed by atoms with E-state index in [0.717, 1.165) is 28.5 Å². The van der Waals surface area contributed by atoms with Gasteiger partial charge in [-0.1, -0.05) is 81.0 Å². The number of hydrogen-bond donors (Lipinski definition) is 0. The molecule has 3 aromatic carbocycles. The van der Waals surface area contributed by atoms with Crippen LogP contribution >= 0.6 is 11.8 Å². The molecule has 1 amide bonds. The number of hydrogen-bond acceptors (Lipinski definition) is 5. The van der Waals surface area contributed by atoms with Crippen LogP contribution in [-0.2, 0) is 36.0 Å². The lowest BCUT2D eigenvalue weighted by atomic mass is 9.99. The van der Waals surface area contributed by atoms with Gasteiger partial charge in [-0.05, 0) is 85.1 Å². The second kappa shape index (κ2) is 15.7. The Morgan fingerprint density at radius 1 is 1.08 bits per heavy atom. The molecule has 0 aliphatic heterocycles. The van der Waals surface area contributed by atoms with Gasteiger partial charge in [-0.3, -0.25) is 9.59 Å². The van der Waals surface area contributed by atoms with Crippen LogP contribution in [0.2, 0.25) is 0 Å². The quantitative estimate of drug-likeness (QED) is 0.0801. The Labute approximate surface area is 306 Å². The number of alkyl halides is 3. The Morgan fingerprint density at radius 3 is 2.29 bits per heavy atom. The highest BCUT2D eigenvalue weighted by Crippen LogP contribution is 2.33. The normalized spacial score (nSPS) is 23.0. The third-order valence-electron chi connectivity index (χ3n) is 7.99. The Morgan fingerprint density at radius 2 is 1.69 bits per heavy atom. The van der Waals surface area contributed by atoms with Crippen LogP contribution in [0.1, 0.15) is 78.1 Å². The third kappa shape index (κ3) is 8.80. The van der Waals surface area contributed by atoms with E-state index in [1.807, 2.05) is 18.7 Å². The zero-order valence-corrected chi connectivity index (χ0v) is 28.0. The summed E-state index contributed by atoms with van der Waals surface area (Å²) in [5.74, 6) is -5.22. The Balaban J connectivity index is 1.67. The molecular formula is C38H42F4N4O2S. The van der Waals surface area contributed by atoms with Crippen LogP contribution in [-0.4, -0.2) is 51.4 Å². The minimum absolute atomic E-state index is 0.0394. The number of aromatic nitrogens is 2. The fourth-order valence-electron chi connectivity index (χ4n) is 5.24. The number of fused-ring (bicyclic) bond motifs is 1. The number of nitrogens with zero attached hydrogens (tertiary/aromatic N) is 4. The fourth-order valence-corrected chi connectivity index (χ4v) is 5.93. The van der Waals surface area contributed by atoms with E-state index in [2.05, 4.69) is 4.98 Å². The molecule has 0 radical (unpaired) electrons. The molecule has 49 heavy (non-hydrogen) atoms. The molecule has 5 rings (SSSR count). The first kappa shape index (κ1) is 23.4. The van der Waals surface area contributed by atoms with E-state index in [9.17, 15) is 28.5 Å². The van der Waals surface area contributed by atoms with Crippen LogP contribution in [0.4, 0.5) is 17.6 Å². The van der Waals surface area contributed by atoms with Gasteiger partial charge in [0, 0.05) is 39.6 Å². The number of thioether (sulfide) groups is 1. The van der Waals surface area contributed by atoms with Crippen molar-refractivity contribution in [2.45, 2.75) is 70.0 Å². The SMILES string of the molecule is [2H]c1c([2H])c(C([2H])([2H])Sc2nc(=O)c3c(n2CC(=O)N(CCN(CC)CC)C([2H])(C)c2ccc(-c4ccc(C(F)(F)F)cc4)cc2)C([2H])([2H])C([2H])(C)C3([2H])[2H])c([2H])c([2H])c1F. The summed E-state index contributed by atoms with van der Waals surface area (Å²) in [5.41, 5.74) is -6.88. The zero-order valence-electron chi connectivity index (χ0n) is 39.2. The van der Waals surface area contributed by atoms with E-state index in [4.69, 9.17) is 15.1 Å². The van der Waals surface area contributed by atoms with Crippen molar-refractivity contribution in [1.29, 1.82) is 0 Å². The lowest BCUT2D eigenvalue weighted by molar-refractivity contribution is -0.137. The highest BCUT2D eigenvalue weighted by molar-refractivity contribution is 7.98. The summed E-state index contributed by atoms with van der Waals surface area (Å²) in [5, 5.41) is -0.781. The van der Waals surface area contributed by atoms with E-state index >= 15 is 0 Å². The molecule has 0 spiro atoms. The van der Waals surface area contributed by atoms with Gasteiger partial charge in [-0.2, -0.15) is 18.2 Å². The van der Waals surface area contributed by atoms with Crippen LogP contribution in [0.25, 0.3) is 11.1 Å². The van der Waals surface area contributed by atoms with Gasteiger partial charge in [0.05, 0.1) is 18.4 Å². The maximum Gasteiger partial charge on any atom is 0.416 e. The molecule has 2 unspecified atom stereocenters. The van der Waals surface area contributed by atoms with Crippen LogP contribution in [0, 0.1) is 11.7 Å². The van der Waals surface area contributed by atoms with Crippen LogP contribution < -0.4 is 5.56 Å². The molecule has 0 saturated carbocycles. The Bertz CT molecular complexity index is 2360. The minimum Gasteiger partial charge on any atom is -0.333 e. The van der Waals surface area contributed by atoms with Gasteiger partial charge >= 0.3 is 6.18 Å².